The van der Waals surface area contributed by atoms with E-state index in [0.29, 0.717) is 23.0 Å². The Morgan fingerprint density at radius 3 is 2.50 bits per heavy atom. The highest BCUT2D eigenvalue weighted by Gasteiger charge is 2.16. The third kappa shape index (κ3) is 4.37. The molecule has 0 aliphatic carbocycles. The fourth-order valence-corrected chi connectivity index (χ4v) is 3.38. The molecule has 0 saturated carbocycles. The maximum atomic E-state index is 12.7. The fraction of sp³-hybridized carbons (Fsp3) is 0.286. The minimum atomic E-state index is -0.270. The third-order valence-electron chi connectivity index (χ3n) is 4.85. The lowest BCUT2D eigenvalue weighted by atomic mass is 10.0. The van der Waals surface area contributed by atoms with Crippen LogP contribution in [0.5, 0.6) is 0 Å². The number of carbonyl (C=O) groups excluding carboxylic acids is 1. The van der Waals surface area contributed by atoms with E-state index in [2.05, 4.69) is 51.4 Å². The zero-order valence-corrected chi connectivity index (χ0v) is 17.0. The van der Waals surface area contributed by atoms with Gasteiger partial charge in [-0.2, -0.15) is 0 Å². The molecule has 3 rings (SSSR count). The molecule has 6 nitrogen and oxygen atoms in total. The third-order valence-corrected chi connectivity index (χ3v) is 5.06. The number of H-pyrrole nitrogens is 2. The first kappa shape index (κ1) is 20.0. The monoisotopic (exact) mass is 396 g/mol. The van der Waals surface area contributed by atoms with Gasteiger partial charge in [0.15, 0.2) is 4.77 Å². The number of amides is 1. The molecule has 3 N–H and O–H groups in total. The molecule has 1 aromatic heterocycles. The molecule has 0 aliphatic heterocycles. The van der Waals surface area contributed by atoms with Gasteiger partial charge in [-0.1, -0.05) is 31.2 Å². The number of nitrogens with one attached hydrogen (secondary N) is 3. The van der Waals surface area contributed by atoms with Crippen LogP contribution in [0, 0.1) is 4.77 Å². The first-order valence-corrected chi connectivity index (χ1v) is 9.59. The summed E-state index contributed by atoms with van der Waals surface area (Å²) in [6.07, 6.45) is 0.997. The first-order valence-electron chi connectivity index (χ1n) is 9.19. The van der Waals surface area contributed by atoms with Crippen LogP contribution in [0.4, 0.5) is 0 Å². The van der Waals surface area contributed by atoms with E-state index in [0.717, 1.165) is 12.0 Å². The Labute approximate surface area is 168 Å². The van der Waals surface area contributed by atoms with Crippen molar-refractivity contribution in [1.82, 2.24) is 20.2 Å². The van der Waals surface area contributed by atoms with Gasteiger partial charge in [-0.25, -0.2) is 0 Å². The highest BCUT2D eigenvalue weighted by atomic mass is 32.1. The number of hydrogen-bond donors (Lipinski definition) is 3. The number of nitrogens with zero attached hydrogens (tertiary/aromatic N) is 1. The minimum Gasteiger partial charge on any atom is -0.350 e. The second kappa shape index (κ2) is 8.50. The molecule has 0 saturated heterocycles. The summed E-state index contributed by atoms with van der Waals surface area (Å²) in [5, 5.41) is 3.46. The van der Waals surface area contributed by atoms with Gasteiger partial charge in [0.1, 0.15) is 0 Å². The van der Waals surface area contributed by atoms with Crippen LogP contribution in [0.25, 0.3) is 10.9 Å². The van der Waals surface area contributed by atoms with E-state index < -0.39 is 0 Å². The van der Waals surface area contributed by atoms with Gasteiger partial charge in [0.05, 0.1) is 16.9 Å². The van der Waals surface area contributed by atoms with Crippen molar-refractivity contribution in [2.75, 3.05) is 20.6 Å². The van der Waals surface area contributed by atoms with Crippen molar-refractivity contribution in [3.63, 3.8) is 0 Å². The highest BCUT2D eigenvalue weighted by Crippen LogP contribution is 2.19. The van der Waals surface area contributed by atoms with E-state index in [4.69, 9.17) is 12.2 Å². The maximum Gasteiger partial charge on any atom is 0.259 e. The number of fused-ring (bicyclic) bond motifs is 1. The molecular weight excluding hydrogens is 372 g/mol. The minimum absolute atomic E-state index is 0.0592. The van der Waals surface area contributed by atoms with Gasteiger partial charge < -0.3 is 15.2 Å². The molecule has 0 aliphatic rings. The Balaban J connectivity index is 1.78. The number of rotatable bonds is 6. The van der Waals surface area contributed by atoms with Gasteiger partial charge in [0, 0.05) is 12.1 Å². The molecule has 1 heterocycles. The Kier molecular flexibility index (Phi) is 6.06. The summed E-state index contributed by atoms with van der Waals surface area (Å²) in [5.74, 6) is -0.196. The molecule has 0 spiro atoms. The molecule has 1 unspecified atom stereocenters. The molecule has 1 atom stereocenters. The van der Waals surface area contributed by atoms with E-state index >= 15 is 0 Å². The number of carbonyl (C=O) groups is 1. The molecular formula is C21H24N4O2S. The predicted octanol–water partition coefficient (Wildman–Crippen LogP) is 3.18. The van der Waals surface area contributed by atoms with Crippen LogP contribution in [-0.4, -0.2) is 41.4 Å². The van der Waals surface area contributed by atoms with E-state index in [1.807, 2.05) is 14.1 Å². The predicted molar refractivity (Wildman–Crippen MR) is 114 cm³/mol. The lowest BCUT2D eigenvalue weighted by molar-refractivity contribution is 0.0942. The summed E-state index contributed by atoms with van der Waals surface area (Å²) in [7, 11) is 3.99. The van der Waals surface area contributed by atoms with Crippen molar-refractivity contribution in [3.8, 4) is 0 Å². The number of aromatic nitrogens is 2. The van der Waals surface area contributed by atoms with E-state index in [-0.39, 0.29) is 22.3 Å². The van der Waals surface area contributed by atoms with Gasteiger partial charge >= 0.3 is 0 Å². The van der Waals surface area contributed by atoms with Crippen LogP contribution in [0.1, 0.15) is 34.5 Å². The van der Waals surface area contributed by atoms with Crippen molar-refractivity contribution in [3.05, 3.63) is 74.3 Å². The number of benzene rings is 2. The van der Waals surface area contributed by atoms with Gasteiger partial charge in [0.2, 0.25) is 0 Å². The van der Waals surface area contributed by atoms with Crippen molar-refractivity contribution in [2.45, 2.75) is 19.4 Å². The van der Waals surface area contributed by atoms with Crippen LogP contribution in [0.3, 0.4) is 0 Å². The van der Waals surface area contributed by atoms with Crippen molar-refractivity contribution in [1.29, 1.82) is 0 Å². The van der Waals surface area contributed by atoms with Crippen LogP contribution in [-0.2, 0) is 6.42 Å². The average molecular weight is 397 g/mol. The smallest absolute Gasteiger partial charge is 0.259 e. The Bertz CT molecular complexity index is 1100. The van der Waals surface area contributed by atoms with Crippen molar-refractivity contribution in [2.24, 2.45) is 0 Å². The lowest BCUT2D eigenvalue weighted by Gasteiger charge is -2.25. The molecule has 28 heavy (non-hydrogen) atoms. The summed E-state index contributed by atoms with van der Waals surface area (Å²) >= 11 is 5.00. The van der Waals surface area contributed by atoms with Crippen LogP contribution < -0.4 is 10.9 Å². The average Bonchev–Trinajstić information content (AvgIpc) is 2.67. The largest absolute Gasteiger partial charge is 0.350 e. The summed E-state index contributed by atoms with van der Waals surface area (Å²) < 4.78 is 0.234. The highest BCUT2D eigenvalue weighted by molar-refractivity contribution is 7.71. The molecule has 1 amide bonds. The molecule has 7 heteroatoms. The van der Waals surface area contributed by atoms with Gasteiger partial charge in [-0.15, -0.1) is 0 Å². The quantitative estimate of drug-likeness (QED) is 0.559. The summed E-state index contributed by atoms with van der Waals surface area (Å²) in [6, 6.07) is 13.4. The van der Waals surface area contributed by atoms with Gasteiger partial charge in [0.25, 0.3) is 11.5 Å². The normalized spacial score (nSPS) is 12.3. The van der Waals surface area contributed by atoms with Crippen LogP contribution >= 0.6 is 12.2 Å². The molecule has 0 bridgehead atoms. The molecule has 146 valence electrons. The second-order valence-corrected chi connectivity index (χ2v) is 7.36. The van der Waals surface area contributed by atoms with E-state index in [9.17, 15) is 9.59 Å². The standard InChI is InChI=1S/C21H24N4O2S/c1-4-13-5-7-14(8-6-13)18(25(2)3)12-22-19(26)15-9-10-16-17(11-15)23-21(28)24-20(16)27/h5-11,18H,4,12H2,1-3H3,(H,22,26)(H2,23,24,27,28). The number of aryl methyl sites for hydroxylation is 1. The molecule has 0 radical (unpaired) electrons. The number of aromatic amines is 2. The Morgan fingerprint density at radius 2 is 1.86 bits per heavy atom. The molecule has 3 aromatic rings. The zero-order chi connectivity index (χ0) is 20.3. The SMILES string of the molecule is CCc1ccc(C(CNC(=O)c2ccc3c(=O)[nH]c(=S)[nH]c3c2)N(C)C)cc1. The van der Waals surface area contributed by atoms with Crippen LogP contribution in [0.15, 0.2) is 47.3 Å². The second-order valence-electron chi connectivity index (χ2n) is 6.95. The number of hydrogen-bond acceptors (Lipinski definition) is 4. The van der Waals surface area contributed by atoms with Crippen LogP contribution in [0.2, 0.25) is 0 Å². The van der Waals surface area contributed by atoms with Gasteiger partial charge in [-0.05, 0) is 62.1 Å². The summed E-state index contributed by atoms with van der Waals surface area (Å²) in [6.45, 7) is 2.60. The number of likely N-dealkylation sites (N-methyl/N-ethyl adjacent to an activating group) is 1. The summed E-state index contributed by atoms with van der Waals surface area (Å²) in [4.78, 5) is 32.1. The fourth-order valence-electron chi connectivity index (χ4n) is 3.18. The summed E-state index contributed by atoms with van der Waals surface area (Å²) in [5.41, 5.74) is 3.18. The zero-order valence-electron chi connectivity index (χ0n) is 16.2. The Morgan fingerprint density at radius 1 is 1.14 bits per heavy atom. The molecule has 2 aromatic carbocycles. The van der Waals surface area contributed by atoms with Gasteiger partial charge in [-0.3, -0.25) is 14.6 Å². The van der Waals surface area contributed by atoms with E-state index in [1.54, 1.807) is 18.2 Å². The van der Waals surface area contributed by atoms with Crippen molar-refractivity contribution < 1.29 is 4.79 Å². The molecule has 0 fully saturated rings. The topological polar surface area (TPSA) is 81.0 Å². The maximum absolute atomic E-state index is 12.7. The Hall–Kier alpha value is -2.77. The lowest BCUT2D eigenvalue weighted by Crippen LogP contribution is -2.34. The first-order chi connectivity index (χ1) is 13.4. The van der Waals surface area contributed by atoms with E-state index in [1.165, 1.54) is 5.56 Å². The van der Waals surface area contributed by atoms with Crippen molar-refractivity contribution >= 4 is 29.0 Å².